The van der Waals surface area contributed by atoms with Gasteiger partial charge in [0.2, 0.25) is 0 Å². The molecule has 0 fully saturated rings. The zero-order valence-corrected chi connectivity index (χ0v) is 15.9. The van der Waals surface area contributed by atoms with Crippen molar-refractivity contribution >= 4 is 0 Å². The van der Waals surface area contributed by atoms with E-state index in [-0.39, 0.29) is 0 Å². The Labute approximate surface area is 162 Å². The highest BCUT2D eigenvalue weighted by Gasteiger charge is 2.29. The molecule has 138 valence electrons. The second-order valence-corrected chi connectivity index (χ2v) is 7.33. The van der Waals surface area contributed by atoms with Gasteiger partial charge in [0, 0.05) is 24.1 Å². The van der Waals surface area contributed by atoms with Crippen LogP contribution in [0.4, 0.5) is 0 Å². The number of hydrogen-bond donors (Lipinski definition) is 1. The van der Waals surface area contributed by atoms with Crippen molar-refractivity contribution in [3.8, 4) is 5.75 Å². The van der Waals surface area contributed by atoms with Gasteiger partial charge in [0.05, 0.1) is 7.11 Å². The maximum Gasteiger partial charge on any atom is 0.123 e. The van der Waals surface area contributed by atoms with Crippen molar-refractivity contribution in [2.24, 2.45) is 0 Å². The lowest BCUT2D eigenvalue weighted by Gasteiger charge is -2.35. The topological polar surface area (TPSA) is 21.3 Å². The molecule has 0 amide bonds. The van der Waals surface area contributed by atoms with E-state index in [1.54, 1.807) is 7.11 Å². The van der Waals surface area contributed by atoms with Crippen LogP contribution in [0.1, 0.15) is 34.6 Å². The third-order valence-corrected chi connectivity index (χ3v) is 5.71. The van der Waals surface area contributed by atoms with Crippen LogP contribution in [0.5, 0.6) is 5.75 Å². The van der Waals surface area contributed by atoms with Crippen molar-refractivity contribution in [1.29, 1.82) is 0 Å². The summed E-state index contributed by atoms with van der Waals surface area (Å²) in [5.74, 6) is 1.45. The first-order valence-electron chi connectivity index (χ1n) is 9.82. The lowest BCUT2D eigenvalue weighted by Crippen LogP contribution is -2.39. The Morgan fingerprint density at radius 2 is 1.63 bits per heavy atom. The maximum atomic E-state index is 5.52. The average molecular weight is 357 g/mol. The number of rotatable bonds is 6. The Kier molecular flexibility index (Phi) is 5.55. The zero-order chi connectivity index (χ0) is 18.5. The number of fused-ring (bicyclic) bond motifs is 1. The molecule has 2 nitrogen and oxygen atoms in total. The van der Waals surface area contributed by atoms with Crippen molar-refractivity contribution < 1.29 is 4.74 Å². The van der Waals surface area contributed by atoms with Gasteiger partial charge in [-0.3, -0.25) is 0 Å². The van der Waals surface area contributed by atoms with E-state index in [0.717, 1.165) is 25.1 Å². The SMILES string of the molecule is COc1ccccc1CNC1CCc2ccccc2C1Cc1ccccc1. The quantitative estimate of drug-likeness (QED) is 0.661. The van der Waals surface area contributed by atoms with Gasteiger partial charge in [-0.1, -0.05) is 72.8 Å². The summed E-state index contributed by atoms with van der Waals surface area (Å²) in [7, 11) is 1.74. The lowest BCUT2D eigenvalue weighted by molar-refractivity contribution is 0.373. The molecule has 2 atom stereocenters. The largest absolute Gasteiger partial charge is 0.496 e. The monoisotopic (exact) mass is 357 g/mol. The van der Waals surface area contributed by atoms with Crippen LogP contribution >= 0.6 is 0 Å². The number of ether oxygens (including phenoxy) is 1. The van der Waals surface area contributed by atoms with Crippen LogP contribution in [-0.2, 0) is 19.4 Å². The van der Waals surface area contributed by atoms with E-state index in [9.17, 15) is 0 Å². The molecule has 1 N–H and O–H groups in total. The summed E-state index contributed by atoms with van der Waals surface area (Å²) in [5.41, 5.74) is 5.64. The second-order valence-electron chi connectivity index (χ2n) is 7.33. The number of methoxy groups -OCH3 is 1. The highest BCUT2D eigenvalue weighted by molar-refractivity contribution is 5.37. The fourth-order valence-electron chi connectivity index (χ4n) is 4.31. The van der Waals surface area contributed by atoms with E-state index in [1.807, 2.05) is 12.1 Å². The van der Waals surface area contributed by atoms with Gasteiger partial charge in [0.1, 0.15) is 5.75 Å². The van der Waals surface area contributed by atoms with Gasteiger partial charge < -0.3 is 10.1 Å². The molecule has 1 aliphatic rings. The second kappa shape index (κ2) is 8.41. The van der Waals surface area contributed by atoms with E-state index in [4.69, 9.17) is 4.74 Å². The molecule has 0 saturated carbocycles. The maximum absolute atomic E-state index is 5.52. The van der Waals surface area contributed by atoms with Crippen LogP contribution in [0.25, 0.3) is 0 Å². The van der Waals surface area contributed by atoms with Crippen molar-refractivity contribution in [2.75, 3.05) is 7.11 Å². The molecule has 2 heteroatoms. The van der Waals surface area contributed by atoms with Crippen molar-refractivity contribution in [2.45, 2.75) is 37.8 Å². The van der Waals surface area contributed by atoms with Crippen LogP contribution in [0.2, 0.25) is 0 Å². The van der Waals surface area contributed by atoms with Gasteiger partial charge in [-0.2, -0.15) is 0 Å². The van der Waals surface area contributed by atoms with Gasteiger partial charge in [0.25, 0.3) is 0 Å². The molecule has 0 bridgehead atoms. The Morgan fingerprint density at radius 1 is 0.889 bits per heavy atom. The molecule has 1 aliphatic carbocycles. The van der Waals surface area contributed by atoms with Crippen LogP contribution < -0.4 is 10.1 Å². The summed E-state index contributed by atoms with van der Waals surface area (Å²) in [6.07, 6.45) is 3.39. The van der Waals surface area contributed by atoms with E-state index in [1.165, 1.54) is 28.7 Å². The first-order valence-corrected chi connectivity index (χ1v) is 9.82. The molecule has 0 saturated heterocycles. The third kappa shape index (κ3) is 4.06. The van der Waals surface area contributed by atoms with E-state index >= 15 is 0 Å². The van der Waals surface area contributed by atoms with Gasteiger partial charge in [-0.15, -0.1) is 0 Å². The number of hydrogen-bond acceptors (Lipinski definition) is 2. The molecule has 27 heavy (non-hydrogen) atoms. The summed E-state index contributed by atoms with van der Waals surface area (Å²) < 4.78 is 5.52. The Hall–Kier alpha value is -2.58. The molecule has 0 spiro atoms. The molecule has 3 aromatic rings. The molecule has 4 rings (SSSR count). The third-order valence-electron chi connectivity index (χ3n) is 5.71. The number of aryl methyl sites for hydroxylation is 1. The molecular formula is C25H27NO. The minimum Gasteiger partial charge on any atom is -0.496 e. The molecular weight excluding hydrogens is 330 g/mol. The van der Waals surface area contributed by atoms with Crippen LogP contribution in [0, 0.1) is 0 Å². The van der Waals surface area contributed by atoms with Crippen molar-refractivity contribution in [1.82, 2.24) is 5.32 Å². The van der Waals surface area contributed by atoms with Crippen molar-refractivity contribution in [3.63, 3.8) is 0 Å². The van der Waals surface area contributed by atoms with E-state index in [2.05, 4.69) is 72.0 Å². The minimum atomic E-state index is 0.463. The summed E-state index contributed by atoms with van der Waals surface area (Å²) in [6.45, 7) is 0.835. The Morgan fingerprint density at radius 3 is 2.48 bits per heavy atom. The normalized spacial score (nSPS) is 18.7. The summed E-state index contributed by atoms with van der Waals surface area (Å²) in [5, 5.41) is 3.84. The molecule has 0 heterocycles. The highest BCUT2D eigenvalue weighted by Crippen LogP contribution is 2.35. The highest BCUT2D eigenvalue weighted by atomic mass is 16.5. The molecule has 2 unspecified atom stereocenters. The summed E-state index contributed by atoms with van der Waals surface area (Å²) in [4.78, 5) is 0. The van der Waals surface area contributed by atoms with Gasteiger partial charge >= 0.3 is 0 Å². The Bertz CT molecular complexity index is 874. The smallest absolute Gasteiger partial charge is 0.123 e. The summed E-state index contributed by atoms with van der Waals surface area (Å²) >= 11 is 0. The molecule has 3 aromatic carbocycles. The first-order chi connectivity index (χ1) is 13.3. The first kappa shape index (κ1) is 17.8. The van der Waals surface area contributed by atoms with E-state index < -0.39 is 0 Å². The predicted octanol–water partition coefficient (Wildman–Crippen LogP) is 5.13. The van der Waals surface area contributed by atoms with E-state index in [0.29, 0.717) is 12.0 Å². The van der Waals surface area contributed by atoms with Crippen LogP contribution in [0.15, 0.2) is 78.9 Å². The fourth-order valence-corrected chi connectivity index (χ4v) is 4.31. The zero-order valence-electron chi connectivity index (χ0n) is 15.9. The lowest BCUT2D eigenvalue weighted by atomic mass is 9.76. The average Bonchev–Trinajstić information content (AvgIpc) is 2.74. The number of para-hydroxylation sites is 1. The minimum absolute atomic E-state index is 0.463. The van der Waals surface area contributed by atoms with Gasteiger partial charge in [0.15, 0.2) is 0 Å². The predicted molar refractivity (Wildman–Crippen MR) is 111 cm³/mol. The Balaban J connectivity index is 1.56. The standard InChI is InChI=1S/C25H27NO/c1-27-25-14-8-6-12-21(25)18-26-24-16-15-20-11-5-7-13-22(20)23(24)17-19-9-3-2-4-10-19/h2-14,23-24,26H,15-18H2,1H3. The molecule has 0 aliphatic heterocycles. The number of benzene rings is 3. The molecule has 0 radical (unpaired) electrons. The fraction of sp³-hybridized carbons (Fsp3) is 0.280. The van der Waals surface area contributed by atoms with Gasteiger partial charge in [-0.05, 0) is 42.0 Å². The van der Waals surface area contributed by atoms with Gasteiger partial charge in [-0.25, -0.2) is 0 Å². The van der Waals surface area contributed by atoms with Crippen molar-refractivity contribution in [3.05, 3.63) is 101 Å². The van der Waals surface area contributed by atoms with Crippen LogP contribution in [0.3, 0.4) is 0 Å². The summed E-state index contributed by atoms with van der Waals surface area (Å²) in [6, 6.07) is 28.6. The number of nitrogens with one attached hydrogen (secondary N) is 1. The van der Waals surface area contributed by atoms with Crippen LogP contribution in [-0.4, -0.2) is 13.2 Å². The molecule has 0 aromatic heterocycles.